The highest BCUT2D eigenvalue weighted by molar-refractivity contribution is 5.84. The Morgan fingerprint density at radius 3 is 2.00 bits per heavy atom. The van der Waals surface area contributed by atoms with E-state index < -0.39 is 0 Å². The molecular weight excluding hydrogens is 126 g/mol. The molecule has 1 aliphatic heterocycles. The standard InChI is InChI=1S/C8H15NO/c1-5-6(2)9-7(10)8(5,3)4/h5-6H,1-4H3,(H,9,10)/t5-,6+/m0/s1. The SMILES string of the molecule is C[C@H]1NC(=O)C(C)(C)[C@H]1C. The van der Waals surface area contributed by atoms with E-state index in [1.54, 1.807) is 0 Å². The van der Waals surface area contributed by atoms with Crippen molar-refractivity contribution in [3.63, 3.8) is 0 Å². The van der Waals surface area contributed by atoms with Crippen LogP contribution in [-0.2, 0) is 4.79 Å². The van der Waals surface area contributed by atoms with Gasteiger partial charge in [-0.15, -0.1) is 0 Å². The van der Waals surface area contributed by atoms with Crippen molar-refractivity contribution in [2.24, 2.45) is 11.3 Å². The van der Waals surface area contributed by atoms with E-state index in [0.717, 1.165) is 0 Å². The molecule has 2 nitrogen and oxygen atoms in total. The average Bonchev–Trinajstić information content (AvgIpc) is 1.97. The number of nitrogens with one attached hydrogen (secondary N) is 1. The van der Waals surface area contributed by atoms with Gasteiger partial charge < -0.3 is 5.32 Å². The number of hydrogen-bond acceptors (Lipinski definition) is 1. The Kier molecular flexibility index (Phi) is 1.50. The summed E-state index contributed by atoms with van der Waals surface area (Å²) in [5.41, 5.74) is -0.167. The predicted octanol–water partition coefficient (Wildman–Crippen LogP) is 1.17. The van der Waals surface area contributed by atoms with Crippen LogP contribution in [0, 0.1) is 11.3 Å². The van der Waals surface area contributed by atoms with E-state index in [4.69, 9.17) is 0 Å². The Labute approximate surface area is 62.0 Å². The largest absolute Gasteiger partial charge is 0.353 e. The maximum absolute atomic E-state index is 11.2. The summed E-state index contributed by atoms with van der Waals surface area (Å²) in [5.74, 6) is 0.632. The summed E-state index contributed by atoms with van der Waals surface area (Å²) in [6, 6.07) is 0.336. The third-order valence-electron chi connectivity index (χ3n) is 2.83. The quantitative estimate of drug-likeness (QED) is 0.539. The molecule has 1 saturated heterocycles. The zero-order valence-corrected chi connectivity index (χ0v) is 7.06. The summed E-state index contributed by atoms with van der Waals surface area (Å²) in [5, 5.41) is 2.92. The second-order valence-corrected chi connectivity index (χ2v) is 3.77. The molecule has 1 aliphatic rings. The zero-order valence-electron chi connectivity index (χ0n) is 7.06. The highest BCUT2D eigenvalue weighted by Crippen LogP contribution is 2.34. The van der Waals surface area contributed by atoms with Gasteiger partial charge in [0, 0.05) is 11.5 Å². The van der Waals surface area contributed by atoms with Gasteiger partial charge >= 0.3 is 0 Å². The highest BCUT2D eigenvalue weighted by Gasteiger charge is 2.43. The smallest absolute Gasteiger partial charge is 0.226 e. The van der Waals surface area contributed by atoms with E-state index in [2.05, 4.69) is 19.2 Å². The molecule has 10 heavy (non-hydrogen) atoms. The Bertz CT molecular complexity index is 163. The van der Waals surface area contributed by atoms with Gasteiger partial charge in [0.2, 0.25) is 5.91 Å². The molecule has 1 N–H and O–H groups in total. The molecule has 0 saturated carbocycles. The van der Waals surface area contributed by atoms with Crippen LogP contribution in [0.1, 0.15) is 27.7 Å². The van der Waals surface area contributed by atoms with Crippen molar-refractivity contribution in [1.82, 2.24) is 5.32 Å². The fourth-order valence-electron chi connectivity index (χ4n) is 1.35. The molecule has 0 aromatic rings. The molecule has 1 rings (SSSR count). The van der Waals surface area contributed by atoms with Gasteiger partial charge in [0.25, 0.3) is 0 Å². The van der Waals surface area contributed by atoms with Crippen LogP contribution >= 0.6 is 0 Å². The Hall–Kier alpha value is -0.530. The lowest BCUT2D eigenvalue weighted by atomic mass is 9.80. The van der Waals surface area contributed by atoms with Crippen molar-refractivity contribution in [1.29, 1.82) is 0 Å². The summed E-state index contributed by atoms with van der Waals surface area (Å²) in [7, 11) is 0. The van der Waals surface area contributed by atoms with Gasteiger partial charge in [-0.05, 0) is 12.8 Å². The summed E-state index contributed by atoms with van der Waals surface area (Å²) in [4.78, 5) is 11.2. The lowest BCUT2D eigenvalue weighted by Gasteiger charge is -2.20. The second-order valence-electron chi connectivity index (χ2n) is 3.77. The van der Waals surface area contributed by atoms with Gasteiger partial charge in [-0.1, -0.05) is 20.8 Å². The topological polar surface area (TPSA) is 29.1 Å². The van der Waals surface area contributed by atoms with Crippen molar-refractivity contribution in [3.8, 4) is 0 Å². The maximum atomic E-state index is 11.2. The van der Waals surface area contributed by atoms with Crippen molar-refractivity contribution in [3.05, 3.63) is 0 Å². The Morgan fingerprint density at radius 1 is 1.40 bits per heavy atom. The summed E-state index contributed by atoms with van der Waals surface area (Å²) in [6.07, 6.45) is 0. The third-order valence-corrected chi connectivity index (χ3v) is 2.83. The number of hydrogen-bond donors (Lipinski definition) is 1. The van der Waals surface area contributed by atoms with Crippen molar-refractivity contribution >= 4 is 5.91 Å². The first-order chi connectivity index (χ1) is 4.46. The van der Waals surface area contributed by atoms with Crippen LogP contribution in [0.3, 0.4) is 0 Å². The summed E-state index contributed by atoms with van der Waals surface area (Å²) in [6.45, 7) is 8.16. The molecule has 1 heterocycles. The lowest BCUT2D eigenvalue weighted by molar-refractivity contribution is -0.126. The normalized spacial score (nSPS) is 37.8. The first-order valence-corrected chi connectivity index (χ1v) is 3.77. The lowest BCUT2D eigenvalue weighted by Crippen LogP contribution is -2.27. The molecule has 0 aromatic heterocycles. The van der Waals surface area contributed by atoms with Gasteiger partial charge in [0.15, 0.2) is 0 Å². The fraction of sp³-hybridized carbons (Fsp3) is 0.875. The van der Waals surface area contributed by atoms with E-state index in [9.17, 15) is 4.79 Å². The molecule has 0 radical (unpaired) electrons. The zero-order chi connectivity index (χ0) is 7.94. The molecule has 1 fully saturated rings. The monoisotopic (exact) mass is 141 g/mol. The van der Waals surface area contributed by atoms with E-state index in [-0.39, 0.29) is 11.3 Å². The fourth-order valence-corrected chi connectivity index (χ4v) is 1.35. The molecule has 0 unspecified atom stereocenters. The van der Waals surface area contributed by atoms with Gasteiger partial charge in [-0.2, -0.15) is 0 Å². The van der Waals surface area contributed by atoms with E-state index >= 15 is 0 Å². The van der Waals surface area contributed by atoms with Crippen molar-refractivity contribution in [2.75, 3.05) is 0 Å². The van der Waals surface area contributed by atoms with E-state index in [0.29, 0.717) is 12.0 Å². The first-order valence-electron chi connectivity index (χ1n) is 3.77. The minimum Gasteiger partial charge on any atom is -0.353 e. The molecular formula is C8H15NO. The average molecular weight is 141 g/mol. The molecule has 0 aliphatic carbocycles. The number of carbonyl (C=O) groups excluding carboxylic acids is 1. The van der Waals surface area contributed by atoms with E-state index in [1.807, 2.05) is 13.8 Å². The molecule has 0 bridgehead atoms. The molecule has 0 aromatic carbocycles. The van der Waals surface area contributed by atoms with Crippen LogP contribution in [0.5, 0.6) is 0 Å². The van der Waals surface area contributed by atoms with Crippen LogP contribution in [0.2, 0.25) is 0 Å². The summed E-state index contributed by atoms with van der Waals surface area (Å²) < 4.78 is 0. The summed E-state index contributed by atoms with van der Waals surface area (Å²) >= 11 is 0. The maximum Gasteiger partial charge on any atom is 0.226 e. The van der Waals surface area contributed by atoms with Crippen LogP contribution in [0.25, 0.3) is 0 Å². The van der Waals surface area contributed by atoms with Gasteiger partial charge in [0.1, 0.15) is 0 Å². The van der Waals surface area contributed by atoms with Crippen molar-refractivity contribution < 1.29 is 4.79 Å². The van der Waals surface area contributed by atoms with Gasteiger partial charge in [0.05, 0.1) is 0 Å². The van der Waals surface area contributed by atoms with E-state index in [1.165, 1.54) is 0 Å². The molecule has 2 heteroatoms. The highest BCUT2D eigenvalue weighted by atomic mass is 16.2. The number of amides is 1. The molecule has 2 atom stereocenters. The minimum absolute atomic E-state index is 0.167. The molecule has 0 spiro atoms. The minimum atomic E-state index is -0.167. The predicted molar refractivity (Wildman–Crippen MR) is 40.5 cm³/mol. The van der Waals surface area contributed by atoms with Crippen molar-refractivity contribution in [2.45, 2.75) is 33.7 Å². The Balaban J connectivity index is 2.85. The van der Waals surface area contributed by atoms with Crippen LogP contribution in [0.4, 0.5) is 0 Å². The van der Waals surface area contributed by atoms with Crippen LogP contribution < -0.4 is 5.32 Å². The first kappa shape index (κ1) is 7.58. The Morgan fingerprint density at radius 2 is 1.90 bits per heavy atom. The van der Waals surface area contributed by atoms with Gasteiger partial charge in [-0.25, -0.2) is 0 Å². The molecule has 1 amide bonds. The second kappa shape index (κ2) is 1.97. The van der Waals surface area contributed by atoms with Crippen LogP contribution in [-0.4, -0.2) is 11.9 Å². The van der Waals surface area contributed by atoms with Crippen LogP contribution in [0.15, 0.2) is 0 Å². The van der Waals surface area contributed by atoms with Gasteiger partial charge in [-0.3, -0.25) is 4.79 Å². The number of carbonyl (C=O) groups is 1. The molecule has 58 valence electrons. The number of rotatable bonds is 0. The third kappa shape index (κ3) is 0.825.